The van der Waals surface area contributed by atoms with Crippen LogP contribution in [0.25, 0.3) is 16.6 Å². The molecule has 18 heavy (non-hydrogen) atoms. The molecule has 0 saturated carbocycles. The summed E-state index contributed by atoms with van der Waals surface area (Å²) in [5.41, 5.74) is 1.37. The summed E-state index contributed by atoms with van der Waals surface area (Å²) >= 11 is 0. The fourth-order valence-corrected chi connectivity index (χ4v) is 1.78. The van der Waals surface area contributed by atoms with Crippen molar-refractivity contribution < 1.29 is 4.39 Å². The molecule has 6 heteroatoms. The molecule has 0 amide bonds. The summed E-state index contributed by atoms with van der Waals surface area (Å²) < 4.78 is 14.4. The minimum Gasteiger partial charge on any atom is -0.265 e. The lowest BCUT2D eigenvalue weighted by Gasteiger charge is -1.99. The zero-order valence-electron chi connectivity index (χ0n) is 9.51. The normalized spacial score (nSPS) is 11.0. The summed E-state index contributed by atoms with van der Waals surface area (Å²) in [5.74, 6) is -0.314. The molecular formula is C12H9FN4O. The standard InChI is InChI=1S/C12H9FN4O/c1-7-10-6-17(9-4-2-8(13)3-5-9)16-11(10)12(18)15-14-7/h2-6H,1H3,(H,15,18). The van der Waals surface area contributed by atoms with Gasteiger partial charge in [0.2, 0.25) is 0 Å². The summed E-state index contributed by atoms with van der Waals surface area (Å²) in [6.07, 6.45) is 1.71. The van der Waals surface area contributed by atoms with Crippen LogP contribution in [-0.2, 0) is 0 Å². The quantitative estimate of drug-likeness (QED) is 0.706. The number of rotatable bonds is 1. The molecule has 0 fully saturated rings. The smallest absolute Gasteiger partial charge is 0.265 e. The number of hydrogen-bond acceptors (Lipinski definition) is 3. The van der Waals surface area contributed by atoms with Crippen molar-refractivity contribution in [1.29, 1.82) is 0 Å². The van der Waals surface area contributed by atoms with E-state index in [2.05, 4.69) is 15.3 Å². The molecule has 0 aliphatic rings. The molecule has 3 rings (SSSR count). The molecule has 0 radical (unpaired) electrons. The van der Waals surface area contributed by atoms with Crippen LogP contribution in [0.4, 0.5) is 4.39 Å². The maximum Gasteiger partial charge on any atom is 0.292 e. The van der Waals surface area contributed by atoms with Crippen molar-refractivity contribution in [2.45, 2.75) is 6.92 Å². The molecule has 0 saturated heterocycles. The zero-order valence-corrected chi connectivity index (χ0v) is 9.51. The first-order chi connectivity index (χ1) is 8.65. The second-order valence-electron chi connectivity index (χ2n) is 3.95. The monoisotopic (exact) mass is 244 g/mol. The van der Waals surface area contributed by atoms with Crippen LogP contribution in [-0.4, -0.2) is 20.0 Å². The fourth-order valence-electron chi connectivity index (χ4n) is 1.78. The highest BCUT2D eigenvalue weighted by molar-refractivity contribution is 5.79. The molecule has 0 aliphatic carbocycles. The fraction of sp³-hybridized carbons (Fsp3) is 0.0833. The first-order valence-electron chi connectivity index (χ1n) is 5.36. The summed E-state index contributed by atoms with van der Waals surface area (Å²) in [5, 5.41) is 11.1. The van der Waals surface area contributed by atoms with Gasteiger partial charge in [-0.1, -0.05) is 0 Å². The Kier molecular flexibility index (Phi) is 2.22. The second kappa shape index (κ2) is 3.76. The Hall–Kier alpha value is -2.50. The lowest BCUT2D eigenvalue weighted by Crippen LogP contribution is -2.09. The summed E-state index contributed by atoms with van der Waals surface area (Å²) in [4.78, 5) is 11.6. The summed E-state index contributed by atoms with van der Waals surface area (Å²) in [7, 11) is 0. The highest BCUT2D eigenvalue weighted by Gasteiger charge is 2.09. The number of benzene rings is 1. The molecule has 2 heterocycles. The molecule has 0 bridgehead atoms. The molecule has 5 nitrogen and oxygen atoms in total. The van der Waals surface area contributed by atoms with Crippen LogP contribution < -0.4 is 5.56 Å². The maximum atomic E-state index is 12.8. The van der Waals surface area contributed by atoms with Gasteiger partial charge in [0.05, 0.1) is 11.4 Å². The first-order valence-corrected chi connectivity index (χ1v) is 5.36. The second-order valence-corrected chi connectivity index (χ2v) is 3.95. The molecule has 0 spiro atoms. The molecule has 0 atom stereocenters. The Labute approximate surface area is 101 Å². The molecule has 90 valence electrons. The van der Waals surface area contributed by atoms with Crippen molar-refractivity contribution >= 4 is 10.9 Å². The van der Waals surface area contributed by atoms with Gasteiger partial charge in [0.1, 0.15) is 5.82 Å². The van der Waals surface area contributed by atoms with E-state index >= 15 is 0 Å². The third-order valence-electron chi connectivity index (χ3n) is 2.74. The predicted octanol–water partition coefficient (Wildman–Crippen LogP) is 1.56. The Morgan fingerprint density at radius 3 is 2.67 bits per heavy atom. The van der Waals surface area contributed by atoms with E-state index in [1.54, 1.807) is 25.3 Å². The van der Waals surface area contributed by atoms with Crippen LogP contribution in [0.1, 0.15) is 5.69 Å². The Bertz CT molecular complexity index is 773. The molecule has 3 aromatic rings. The topological polar surface area (TPSA) is 63.6 Å². The molecule has 1 N–H and O–H groups in total. The number of H-pyrrole nitrogens is 1. The number of halogens is 1. The van der Waals surface area contributed by atoms with Crippen molar-refractivity contribution in [3.63, 3.8) is 0 Å². The van der Waals surface area contributed by atoms with Crippen LogP contribution >= 0.6 is 0 Å². The maximum absolute atomic E-state index is 12.8. The van der Waals surface area contributed by atoms with Crippen molar-refractivity contribution in [2.75, 3.05) is 0 Å². The number of aryl methyl sites for hydroxylation is 1. The van der Waals surface area contributed by atoms with Gasteiger partial charge < -0.3 is 0 Å². The van der Waals surface area contributed by atoms with Crippen molar-refractivity contribution in [1.82, 2.24) is 20.0 Å². The van der Waals surface area contributed by atoms with E-state index in [1.165, 1.54) is 16.8 Å². The van der Waals surface area contributed by atoms with Gasteiger partial charge in [0, 0.05) is 11.6 Å². The van der Waals surface area contributed by atoms with Gasteiger partial charge in [-0.3, -0.25) is 4.79 Å². The van der Waals surface area contributed by atoms with Gasteiger partial charge in [-0.2, -0.15) is 10.2 Å². The number of hydrogen-bond donors (Lipinski definition) is 1. The van der Waals surface area contributed by atoms with E-state index in [9.17, 15) is 9.18 Å². The average Bonchev–Trinajstić information content (AvgIpc) is 2.81. The van der Waals surface area contributed by atoms with E-state index in [0.717, 1.165) is 0 Å². The number of nitrogens with zero attached hydrogens (tertiary/aromatic N) is 3. The lowest BCUT2D eigenvalue weighted by molar-refractivity contribution is 0.627. The molecule has 1 aromatic carbocycles. The van der Waals surface area contributed by atoms with Gasteiger partial charge >= 0.3 is 0 Å². The van der Waals surface area contributed by atoms with E-state index in [-0.39, 0.29) is 11.4 Å². The number of aromatic nitrogens is 4. The van der Waals surface area contributed by atoms with E-state index in [0.29, 0.717) is 22.3 Å². The number of aromatic amines is 1. The van der Waals surface area contributed by atoms with Crippen molar-refractivity contribution in [2.24, 2.45) is 0 Å². The van der Waals surface area contributed by atoms with E-state index in [4.69, 9.17) is 0 Å². The average molecular weight is 244 g/mol. The molecular weight excluding hydrogens is 235 g/mol. The van der Waals surface area contributed by atoms with E-state index in [1.807, 2.05) is 0 Å². The molecule has 2 aromatic heterocycles. The zero-order chi connectivity index (χ0) is 12.7. The van der Waals surface area contributed by atoms with Crippen LogP contribution in [0.2, 0.25) is 0 Å². The van der Waals surface area contributed by atoms with Gasteiger partial charge in [0.25, 0.3) is 5.56 Å². The summed E-state index contributed by atoms with van der Waals surface area (Å²) in [6, 6.07) is 5.88. The van der Waals surface area contributed by atoms with Gasteiger partial charge in [-0.15, -0.1) is 0 Å². The third kappa shape index (κ3) is 1.58. The van der Waals surface area contributed by atoms with Gasteiger partial charge in [-0.25, -0.2) is 14.2 Å². The lowest BCUT2D eigenvalue weighted by atomic mass is 10.3. The van der Waals surface area contributed by atoms with Crippen LogP contribution in [0.3, 0.4) is 0 Å². The largest absolute Gasteiger partial charge is 0.292 e. The predicted molar refractivity (Wildman–Crippen MR) is 64.2 cm³/mol. The SMILES string of the molecule is Cc1n[nH]c(=O)c2nn(-c3ccc(F)cc3)cc12. The Balaban J connectivity index is 2.25. The molecule has 0 unspecified atom stereocenters. The van der Waals surface area contributed by atoms with Crippen LogP contribution in [0, 0.1) is 12.7 Å². The Morgan fingerprint density at radius 1 is 1.28 bits per heavy atom. The minimum atomic E-state index is -0.337. The van der Waals surface area contributed by atoms with Gasteiger partial charge in [0.15, 0.2) is 5.52 Å². The minimum absolute atomic E-state index is 0.314. The van der Waals surface area contributed by atoms with Crippen LogP contribution in [0.15, 0.2) is 35.3 Å². The van der Waals surface area contributed by atoms with Crippen LogP contribution in [0.5, 0.6) is 0 Å². The third-order valence-corrected chi connectivity index (χ3v) is 2.74. The number of nitrogens with one attached hydrogen (secondary N) is 1. The Morgan fingerprint density at radius 2 is 2.00 bits per heavy atom. The first kappa shape index (κ1) is 10.6. The van der Waals surface area contributed by atoms with E-state index < -0.39 is 0 Å². The number of fused-ring (bicyclic) bond motifs is 1. The van der Waals surface area contributed by atoms with Gasteiger partial charge in [-0.05, 0) is 31.2 Å². The summed E-state index contributed by atoms with van der Waals surface area (Å²) in [6.45, 7) is 1.79. The molecule has 0 aliphatic heterocycles. The van der Waals surface area contributed by atoms with Crippen molar-refractivity contribution in [3.8, 4) is 5.69 Å². The highest BCUT2D eigenvalue weighted by Crippen LogP contribution is 2.14. The van der Waals surface area contributed by atoms with Crippen molar-refractivity contribution in [3.05, 3.63) is 52.3 Å². The highest BCUT2D eigenvalue weighted by atomic mass is 19.1.